The lowest BCUT2D eigenvalue weighted by Gasteiger charge is -2.47. The van der Waals surface area contributed by atoms with Gasteiger partial charge in [-0.2, -0.15) is 0 Å². The lowest BCUT2D eigenvalue weighted by molar-refractivity contribution is -0.148. The summed E-state index contributed by atoms with van der Waals surface area (Å²) in [5, 5.41) is 14.7. The van der Waals surface area contributed by atoms with E-state index in [-0.39, 0.29) is 23.7 Å². The summed E-state index contributed by atoms with van der Waals surface area (Å²) in [7, 11) is 0. The third-order valence-corrected chi connectivity index (χ3v) is 8.41. The quantitative estimate of drug-likeness (QED) is 0.329. The van der Waals surface area contributed by atoms with Crippen molar-refractivity contribution in [1.82, 2.24) is 15.0 Å². The summed E-state index contributed by atoms with van der Waals surface area (Å²) in [5.41, 5.74) is 2.05. The largest absolute Gasteiger partial charge is 0.481 e. The average molecular weight is 481 g/mol. The van der Waals surface area contributed by atoms with Gasteiger partial charge in [-0.15, -0.1) is 11.3 Å². The van der Waals surface area contributed by atoms with Crippen LogP contribution in [0, 0.1) is 29.4 Å². The molecule has 3 aliphatic carbocycles. The fourth-order valence-corrected chi connectivity index (χ4v) is 6.72. The second kappa shape index (κ2) is 8.16. The predicted octanol–water partition coefficient (Wildman–Crippen LogP) is 5.93. The molecule has 7 rings (SSSR count). The molecule has 4 aromatic rings. The van der Waals surface area contributed by atoms with Crippen molar-refractivity contribution in [3.05, 3.63) is 54.4 Å². The Balaban J connectivity index is 1.45. The Kier molecular flexibility index (Phi) is 5.09. The van der Waals surface area contributed by atoms with Crippen LogP contribution in [0.1, 0.15) is 25.7 Å². The number of aliphatic carboxylic acids is 1. The first-order valence-electron chi connectivity index (χ1n) is 11.4. The number of thiazole rings is 1. The van der Waals surface area contributed by atoms with Gasteiger partial charge in [-0.1, -0.05) is 12.1 Å². The number of nitrogens with zero attached hydrogens (tertiary/aromatic N) is 2. The number of anilines is 1. The molecule has 2 atom stereocenters. The van der Waals surface area contributed by atoms with Gasteiger partial charge in [0.05, 0.1) is 17.0 Å². The summed E-state index contributed by atoms with van der Waals surface area (Å²) in [6.45, 7) is 0. The smallest absolute Gasteiger partial charge is 0.308 e. The number of H-pyrrole nitrogens is 1. The van der Waals surface area contributed by atoms with E-state index in [4.69, 9.17) is 4.98 Å². The van der Waals surface area contributed by atoms with Crippen molar-refractivity contribution in [2.75, 3.05) is 5.32 Å². The van der Waals surface area contributed by atoms with E-state index in [0.29, 0.717) is 27.4 Å². The molecule has 0 unspecified atom stereocenters. The first-order valence-corrected chi connectivity index (χ1v) is 12.2. The van der Waals surface area contributed by atoms with Crippen LogP contribution in [-0.2, 0) is 4.79 Å². The van der Waals surface area contributed by atoms with E-state index in [0.717, 1.165) is 42.3 Å². The number of nitrogens with one attached hydrogen (secondary N) is 2. The highest BCUT2D eigenvalue weighted by Gasteiger charge is 2.47. The normalized spacial score (nSPS) is 23.9. The lowest BCUT2D eigenvalue weighted by Crippen LogP contribution is -2.51. The number of carbonyl (C=O) groups is 1. The molecule has 6 nitrogen and oxygen atoms in total. The summed E-state index contributed by atoms with van der Waals surface area (Å²) >= 11 is 1.40. The Morgan fingerprint density at radius 2 is 1.82 bits per heavy atom. The van der Waals surface area contributed by atoms with Gasteiger partial charge in [-0.3, -0.25) is 4.79 Å². The minimum absolute atomic E-state index is 0.162. The summed E-state index contributed by atoms with van der Waals surface area (Å²) in [4.78, 5) is 25.0. The average Bonchev–Trinajstić information content (AvgIpc) is 3.44. The zero-order valence-corrected chi connectivity index (χ0v) is 18.9. The number of hydrogen-bond donors (Lipinski definition) is 3. The van der Waals surface area contributed by atoms with E-state index >= 15 is 0 Å². The number of hydrogen-bond acceptors (Lipinski definition) is 5. The molecule has 0 spiro atoms. The van der Waals surface area contributed by atoms with Crippen LogP contribution in [0.2, 0.25) is 0 Å². The van der Waals surface area contributed by atoms with Crippen molar-refractivity contribution in [3.63, 3.8) is 0 Å². The van der Waals surface area contributed by atoms with Gasteiger partial charge < -0.3 is 15.4 Å². The molecule has 1 aromatic carbocycles. The van der Waals surface area contributed by atoms with Crippen molar-refractivity contribution in [2.45, 2.75) is 31.7 Å². The molecule has 34 heavy (non-hydrogen) atoms. The first kappa shape index (κ1) is 21.2. The minimum atomic E-state index is -0.774. The Labute approximate surface area is 198 Å². The van der Waals surface area contributed by atoms with Gasteiger partial charge in [0.25, 0.3) is 0 Å². The maximum Gasteiger partial charge on any atom is 0.308 e. The topological polar surface area (TPSA) is 90.9 Å². The molecule has 3 heterocycles. The number of benzene rings is 1. The highest BCUT2D eigenvalue weighted by Crippen LogP contribution is 2.48. The number of aromatic nitrogens is 3. The van der Waals surface area contributed by atoms with Crippen molar-refractivity contribution in [1.29, 1.82) is 0 Å². The van der Waals surface area contributed by atoms with E-state index < -0.39 is 17.7 Å². The van der Waals surface area contributed by atoms with Crippen molar-refractivity contribution < 1.29 is 18.7 Å². The van der Waals surface area contributed by atoms with E-state index in [1.54, 1.807) is 18.3 Å². The molecular formula is C25H22F2N4O2S. The van der Waals surface area contributed by atoms with Crippen LogP contribution in [0.15, 0.2) is 42.7 Å². The molecule has 3 saturated carbocycles. The molecule has 0 amide bonds. The van der Waals surface area contributed by atoms with Gasteiger partial charge in [0, 0.05) is 23.2 Å². The van der Waals surface area contributed by atoms with Gasteiger partial charge in [0.1, 0.15) is 28.1 Å². The Bertz CT molecular complexity index is 1380. The van der Waals surface area contributed by atoms with Crippen molar-refractivity contribution in [2.24, 2.45) is 17.8 Å². The Morgan fingerprint density at radius 1 is 1.09 bits per heavy atom. The van der Waals surface area contributed by atoms with E-state index in [9.17, 15) is 18.7 Å². The monoisotopic (exact) mass is 480 g/mol. The summed E-state index contributed by atoms with van der Waals surface area (Å²) < 4.78 is 27.5. The number of halogens is 2. The summed E-state index contributed by atoms with van der Waals surface area (Å²) in [5.74, 6) is -1.01. The van der Waals surface area contributed by atoms with Gasteiger partial charge in [0.15, 0.2) is 0 Å². The number of carboxylic acid groups (broad SMARTS) is 1. The number of fused-ring (bicyclic) bond motifs is 4. The molecule has 174 valence electrons. The number of carboxylic acids is 1. The fraction of sp³-hybridized carbons (Fsp3) is 0.320. The van der Waals surface area contributed by atoms with Gasteiger partial charge in [-0.25, -0.2) is 18.7 Å². The summed E-state index contributed by atoms with van der Waals surface area (Å²) in [6.07, 6.45) is 6.80. The zero-order valence-electron chi connectivity index (χ0n) is 18.1. The Morgan fingerprint density at radius 3 is 2.56 bits per heavy atom. The molecule has 0 aliphatic heterocycles. The van der Waals surface area contributed by atoms with Gasteiger partial charge >= 0.3 is 5.97 Å². The molecule has 3 aliphatic rings. The second-order valence-corrected chi connectivity index (χ2v) is 10.2. The second-order valence-electron chi connectivity index (χ2n) is 9.16. The number of aromatic amines is 1. The van der Waals surface area contributed by atoms with Gasteiger partial charge in [-0.05, 0) is 61.3 Å². The standard InChI is InChI=1S/C25H22F2N4O2S/c26-15-7-5-14(6-8-15)21-23(30-20-13-3-1-12(2-4-13)19(20)25(32)33)31-24(34-21)18-11-29-22-17(18)9-16(27)10-28-22/h5-13,19-20,30H,1-4H2,(H,28,29)(H,32,33)/t12-,13+,19-,20-/m0/s1. The minimum Gasteiger partial charge on any atom is -0.481 e. The maximum absolute atomic E-state index is 13.9. The molecule has 9 heteroatoms. The van der Waals surface area contributed by atoms with Crippen LogP contribution in [-0.4, -0.2) is 32.1 Å². The van der Waals surface area contributed by atoms with Gasteiger partial charge in [0.2, 0.25) is 0 Å². The van der Waals surface area contributed by atoms with Crippen LogP contribution in [0.25, 0.3) is 32.0 Å². The predicted molar refractivity (Wildman–Crippen MR) is 127 cm³/mol. The van der Waals surface area contributed by atoms with Crippen molar-refractivity contribution in [3.8, 4) is 21.0 Å². The van der Waals surface area contributed by atoms with Crippen LogP contribution in [0.5, 0.6) is 0 Å². The molecule has 2 bridgehead atoms. The highest BCUT2D eigenvalue weighted by atomic mass is 32.1. The van der Waals surface area contributed by atoms with E-state index in [1.165, 1.54) is 29.5 Å². The van der Waals surface area contributed by atoms with Crippen LogP contribution >= 0.6 is 11.3 Å². The summed E-state index contributed by atoms with van der Waals surface area (Å²) in [6, 6.07) is 7.37. The van der Waals surface area contributed by atoms with E-state index in [2.05, 4.69) is 15.3 Å². The first-order chi connectivity index (χ1) is 16.5. The molecule has 0 saturated heterocycles. The Hall–Kier alpha value is -3.33. The number of pyridine rings is 1. The molecule has 0 radical (unpaired) electrons. The highest BCUT2D eigenvalue weighted by molar-refractivity contribution is 7.19. The maximum atomic E-state index is 13.9. The molecule has 3 aromatic heterocycles. The zero-order chi connectivity index (χ0) is 23.4. The van der Waals surface area contributed by atoms with Crippen LogP contribution in [0.4, 0.5) is 14.6 Å². The molecule has 3 fully saturated rings. The SMILES string of the molecule is O=C(O)[C@H]1[C@H]2CC[C@H](CC2)[C@@H]1Nc1nc(-c2c[nH]c3ncc(F)cc23)sc1-c1ccc(F)cc1. The fourth-order valence-electron chi connectivity index (χ4n) is 5.66. The molecular weight excluding hydrogens is 458 g/mol. The van der Waals surface area contributed by atoms with E-state index in [1.807, 2.05) is 0 Å². The van der Waals surface area contributed by atoms with Crippen LogP contribution < -0.4 is 5.32 Å². The lowest BCUT2D eigenvalue weighted by atomic mass is 9.61. The number of rotatable bonds is 5. The third kappa shape index (κ3) is 3.55. The van der Waals surface area contributed by atoms with Crippen LogP contribution in [0.3, 0.4) is 0 Å². The van der Waals surface area contributed by atoms with Crippen molar-refractivity contribution >= 4 is 34.2 Å². The third-order valence-electron chi connectivity index (χ3n) is 7.27. The molecule has 3 N–H and O–H groups in total.